The summed E-state index contributed by atoms with van der Waals surface area (Å²) in [6.45, 7) is 5.53. The smallest absolute Gasteiger partial charge is 0.342 e. The van der Waals surface area contributed by atoms with E-state index >= 15 is 0 Å². The number of hydrogen-bond donors (Lipinski definition) is 2. The fourth-order valence-corrected chi connectivity index (χ4v) is 0.733. The quantitative estimate of drug-likeness (QED) is 0.403. The predicted molar refractivity (Wildman–Crippen MR) is 47.3 cm³/mol. The Hall–Kier alpha value is -0.640. The fourth-order valence-electron chi connectivity index (χ4n) is 0.430. The third-order valence-electron chi connectivity index (χ3n) is 1.56. The molecule has 2 N–H and O–H groups in total. The van der Waals surface area contributed by atoms with E-state index in [0.29, 0.717) is 0 Å². The highest BCUT2D eigenvalue weighted by molar-refractivity contribution is 7.54. The Kier molecular flexibility index (Phi) is 3.85. The van der Waals surface area contributed by atoms with E-state index in [4.69, 9.17) is 9.79 Å². The van der Waals surface area contributed by atoms with Crippen LogP contribution in [0, 0.1) is 0 Å². The van der Waals surface area contributed by atoms with Crippen LogP contribution in [0.25, 0.3) is 0 Å². The molecule has 0 amide bonds. The molecule has 0 aliphatic carbocycles. The van der Waals surface area contributed by atoms with Gasteiger partial charge in [0.2, 0.25) is 0 Å². The standard InChI is InChI=1S/C7H13O5P/c1-4-5-12-6(8)7(2,3)13(9,10)11/h4H,1,5H2,2-3H3,(H2,9,10,11). The maximum absolute atomic E-state index is 11.1. The van der Waals surface area contributed by atoms with Crippen molar-refractivity contribution in [2.75, 3.05) is 6.61 Å². The molecule has 76 valence electrons. The molecule has 0 saturated heterocycles. The Morgan fingerprint density at radius 2 is 2.08 bits per heavy atom. The molecular formula is C7H13O5P. The van der Waals surface area contributed by atoms with E-state index in [9.17, 15) is 9.36 Å². The van der Waals surface area contributed by atoms with Crippen LogP contribution in [-0.2, 0) is 14.1 Å². The van der Waals surface area contributed by atoms with Crippen molar-refractivity contribution in [1.82, 2.24) is 0 Å². The Bertz CT molecular complexity index is 252. The van der Waals surface area contributed by atoms with Gasteiger partial charge in [-0.15, -0.1) is 0 Å². The van der Waals surface area contributed by atoms with Gasteiger partial charge in [0.15, 0.2) is 5.16 Å². The molecule has 0 unspecified atom stereocenters. The second kappa shape index (κ2) is 4.05. The van der Waals surface area contributed by atoms with Crippen molar-refractivity contribution >= 4 is 13.6 Å². The summed E-state index contributed by atoms with van der Waals surface area (Å²) in [6, 6.07) is 0. The number of carbonyl (C=O) groups is 1. The molecule has 0 rings (SSSR count). The molecule has 0 radical (unpaired) electrons. The highest BCUT2D eigenvalue weighted by atomic mass is 31.2. The highest BCUT2D eigenvalue weighted by Gasteiger charge is 2.46. The summed E-state index contributed by atoms with van der Waals surface area (Å²) in [5.41, 5.74) is 0. The van der Waals surface area contributed by atoms with Gasteiger partial charge in [0.1, 0.15) is 6.61 Å². The number of carbonyl (C=O) groups excluding carboxylic acids is 1. The van der Waals surface area contributed by atoms with Gasteiger partial charge < -0.3 is 14.5 Å². The van der Waals surface area contributed by atoms with E-state index in [0.717, 1.165) is 13.8 Å². The van der Waals surface area contributed by atoms with Gasteiger partial charge in [-0.05, 0) is 13.8 Å². The molecule has 0 aromatic rings. The molecule has 0 aliphatic rings. The molecule has 0 fully saturated rings. The van der Waals surface area contributed by atoms with E-state index < -0.39 is 18.7 Å². The van der Waals surface area contributed by atoms with Crippen molar-refractivity contribution in [3.8, 4) is 0 Å². The average Bonchev–Trinajstić information content (AvgIpc) is 1.97. The molecule has 0 aromatic carbocycles. The second-order valence-electron chi connectivity index (χ2n) is 2.99. The molecule has 0 heterocycles. The van der Waals surface area contributed by atoms with Gasteiger partial charge in [-0.1, -0.05) is 12.7 Å². The zero-order valence-electron chi connectivity index (χ0n) is 7.56. The van der Waals surface area contributed by atoms with Crippen molar-refractivity contribution in [3.05, 3.63) is 12.7 Å². The van der Waals surface area contributed by atoms with Gasteiger partial charge in [0.25, 0.3) is 0 Å². The summed E-state index contributed by atoms with van der Waals surface area (Å²) in [4.78, 5) is 28.7. The number of rotatable bonds is 4. The SMILES string of the molecule is C=CCOC(=O)C(C)(C)P(=O)(O)O. The summed E-state index contributed by atoms with van der Waals surface area (Å²) in [7, 11) is -4.47. The Balaban J connectivity index is 4.55. The zero-order valence-corrected chi connectivity index (χ0v) is 8.45. The van der Waals surface area contributed by atoms with Crippen molar-refractivity contribution in [1.29, 1.82) is 0 Å². The lowest BCUT2D eigenvalue weighted by molar-refractivity contribution is -0.145. The molecule has 0 aliphatic heterocycles. The van der Waals surface area contributed by atoms with Gasteiger partial charge in [0.05, 0.1) is 0 Å². The number of hydrogen-bond acceptors (Lipinski definition) is 3. The van der Waals surface area contributed by atoms with Crippen molar-refractivity contribution in [2.24, 2.45) is 0 Å². The molecule has 13 heavy (non-hydrogen) atoms. The monoisotopic (exact) mass is 208 g/mol. The number of ether oxygens (including phenoxy) is 1. The van der Waals surface area contributed by atoms with Crippen LogP contribution >= 0.6 is 7.60 Å². The first-order valence-electron chi connectivity index (χ1n) is 3.57. The van der Waals surface area contributed by atoms with Crippen molar-refractivity contribution in [2.45, 2.75) is 19.0 Å². The molecule has 6 heteroatoms. The highest BCUT2D eigenvalue weighted by Crippen LogP contribution is 2.50. The second-order valence-corrected chi connectivity index (χ2v) is 5.20. The van der Waals surface area contributed by atoms with Crippen LogP contribution in [0.1, 0.15) is 13.8 Å². The first kappa shape index (κ1) is 12.4. The summed E-state index contributed by atoms with van der Waals surface area (Å²) in [5.74, 6) is -0.930. The van der Waals surface area contributed by atoms with Crippen LogP contribution in [0.2, 0.25) is 0 Å². The lowest BCUT2D eigenvalue weighted by Gasteiger charge is -2.22. The van der Waals surface area contributed by atoms with Crippen LogP contribution in [-0.4, -0.2) is 27.5 Å². The van der Waals surface area contributed by atoms with Gasteiger partial charge in [-0.2, -0.15) is 0 Å². The minimum atomic E-state index is -4.47. The van der Waals surface area contributed by atoms with Crippen molar-refractivity contribution < 1.29 is 23.9 Å². The first-order valence-corrected chi connectivity index (χ1v) is 5.18. The third-order valence-corrected chi connectivity index (χ3v) is 3.20. The van der Waals surface area contributed by atoms with Crippen LogP contribution in [0.15, 0.2) is 12.7 Å². The van der Waals surface area contributed by atoms with E-state index in [1.165, 1.54) is 6.08 Å². The van der Waals surface area contributed by atoms with Gasteiger partial charge >= 0.3 is 13.6 Å². The van der Waals surface area contributed by atoms with Gasteiger partial charge in [-0.3, -0.25) is 9.36 Å². The maximum Gasteiger partial charge on any atom is 0.342 e. The van der Waals surface area contributed by atoms with Crippen LogP contribution in [0.4, 0.5) is 0 Å². The predicted octanol–water partition coefficient (Wildman–Crippen LogP) is 0.672. The molecule has 0 bridgehead atoms. The largest absolute Gasteiger partial charge is 0.461 e. The topological polar surface area (TPSA) is 83.8 Å². The van der Waals surface area contributed by atoms with Crippen molar-refractivity contribution in [3.63, 3.8) is 0 Å². The zero-order chi connectivity index (χ0) is 10.7. The lowest BCUT2D eigenvalue weighted by atomic mass is 10.2. The molecular weight excluding hydrogens is 195 g/mol. The molecule has 0 atom stereocenters. The maximum atomic E-state index is 11.1. The fraction of sp³-hybridized carbons (Fsp3) is 0.571. The molecule has 0 saturated carbocycles. The summed E-state index contributed by atoms with van der Waals surface area (Å²) >= 11 is 0. The van der Waals surface area contributed by atoms with Gasteiger partial charge in [-0.25, -0.2) is 0 Å². The van der Waals surface area contributed by atoms with Crippen LogP contribution < -0.4 is 0 Å². The minimum absolute atomic E-state index is 0.0533. The Morgan fingerprint density at radius 3 is 2.38 bits per heavy atom. The number of esters is 1. The van der Waals surface area contributed by atoms with E-state index in [2.05, 4.69) is 11.3 Å². The van der Waals surface area contributed by atoms with E-state index in [1.54, 1.807) is 0 Å². The lowest BCUT2D eigenvalue weighted by Crippen LogP contribution is -2.33. The molecule has 5 nitrogen and oxygen atoms in total. The Morgan fingerprint density at radius 1 is 1.62 bits per heavy atom. The van der Waals surface area contributed by atoms with E-state index in [-0.39, 0.29) is 6.61 Å². The summed E-state index contributed by atoms with van der Waals surface area (Å²) in [6.07, 6.45) is 1.33. The first-order chi connectivity index (χ1) is 5.73. The molecule has 0 aromatic heterocycles. The Labute approximate surface area is 76.6 Å². The summed E-state index contributed by atoms with van der Waals surface area (Å²) in [5, 5.41) is -1.80. The molecule has 0 spiro atoms. The normalized spacial score (nSPS) is 12.3. The minimum Gasteiger partial charge on any atom is -0.461 e. The van der Waals surface area contributed by atoms with Crippen LogP contribution in [0.5, 0.6) is 0 Å². The van der Waals surface area contributed by atoms with Gasteiger partial charge in [0, 0.05) is 0 Å². The van der Waals surface area contributed by atoms with E-state index in [1.807, 2.05) is 0 Å². The van der Waals surface area contributed by atoms with Crippen LogP contribution in [0.3, 0.4) is 0 Å². The summed E-state index contributed by atoms with van der Waals surface area (Å²) < 4.78 is 15.4. The average molecular weight is 208 g/mol. The third kappa shape index (κ3) is 2.95.